The van der Waals surface area contributed by atoms with Crippen molar-refractivity contribution in [2.45, 2.75) is 38.3 Å². The summed E-state index contributed by atoms with van der Waals surface area (Å²) in [5, 5.41) is 14.2. The Labute approximate surface area is 130 Å². The number of hydrogen-bond acceptors (Lipinski definition) is 3. The van der Waals surface area contributed by atoms with Gasteiger partial charge in [0.2, 0.25) is 0 Å². The van der Waals surface area contributed by atoms with Crippen LogP contribution < -0.4 is 5.32 Å². The molecule has 0 aliphatic carbocycles. The van der Waals surface area contributed by atoms with Crippen LogP contribution in [-0.4, -0.2) is 21.6 Å². The summed E-state index contributed by atoms with van der Waals surface area (Å²) in [7, 11) is 0. The molecule has 0 radical (unpaired) electrons. The van der Waals surface area contributed by atoms with Crippen LogP contribution in [0.3, 0.4) is 0 Å². The monoisotopic (exact) mass is 307 g/mol. The number of nitrogens with one attached hydrogen (secondary N) is 2. The van der Waals surface area contributed by atoms with Crippen molar-refractivity contribution < 1.29 is 5.11 Å². The van der Waals surface area contributed by atoms with Gasteiger partial charge in [-0.3, -0.25) is 0 Å². The minimum atomic E-state index is -0.479. The average molecular weight is 308 g/mol. The van der Waals surface area contributed by atoms with Crippen molar-refractivity contribution in [2.75, 3.05) is 6.54 Å². The quantitative estimate of drug-likeness (QED) is 0.687. The van der Waals surface area contributed by atoms with E-state index in [0.717, 1.165) is 23.7 Å². The second kappa shape index (κ2) is 7.07. The predicted octanol–water partition coefficient (Wildman–Crippen LogP) is 3.40. The fourth-order valence-corrected chi connectivity index (χ4v) is 2.40. The maximum Gasteiger partial charge on any atom is 0.0954 e. The Morgan fingerprint density at radius 2 is 2.05 bits per heavy atom. The smallest absolute Gasteiger partial charge is 0.0954 e. The van der Waals surface area contributed by atoms with Crippen LogP contribution in [0.1, 0.15) is 44.1 Å². The van der Waals surface area contributed by atoms with E-state index in [-0.39, 0.29) is 5.54 Å². The number of aliphatic hydroxyl groups is 1. The molecule has 1 unspecified atom stereocenters. The van der Waals surface area contributed by atoms with Crippen LogP contribution in [0.2, 0.25) is 5.02 Å². The first-order valence-electron chi connectivity index (χ1n) is 7.16. The molecule has 2 rings (SSSR count). The molecule has 0 amide bonds. The molecule has 0 spiro atoms. The molecule has 1 aromatic heterocycles. The predicted molar refractivity (Wildman–Crippen MR) is 85.3 cm³/mol. The molecule has 21 heavy (non-hydrogen) atoms. The Hall–Kier alpha value is -1.36. The summed E-state index contributed by atoms with van der Waals surface area (Å²) in [6, 6.07) is 7.88. The Morgan fingerprint density at radius 1 is 1.33 bits per heavy atom. The van der Waals surface area contributed by atoms with Gasteiger partial charge in [0.1, 0.15) is 0 Å². The summed E-state index contributed by atoms with van der Waals surface area (Å²) >= 11 is 5.92. The number of rotatable bonds is 7. The minimum absolute atomic E-state index is 0.121. The second-order valence-electron chi connectivity index (χ2n) is 5.72. The van der Waals surface area contributed by atoms with E-state index in [1.807, 2.05) is 24.3 Å². The van der Waals surface area contributed by atoms with Crippen molar-refractivity contribution in [2.24, 2.45) is 0 Å². The van der Waals surface area contributed by atoms with Crippen LogP contribution in [0, 0.1) is 0 Å². The van der Waals surface area contributed by atoms with E-state index in [9.17, 15) is 5.11 Å². The van der Waals surface area contributed by atoms with Crippen molar-refractivity contribution in [3.8, 4) is 0 Å². The Bertz CT molecular complexity index is 537. The molecule has 0 aliphatic rings. The second-order valence-corrected chi connectivity index (χ2v) is 6.16. The molecular weight excluding hydrogens is 286 g/mol. The molecule has 5 heteroatoms. The molecule has 0 bridgehead atoms. The molecule has 0 fully saturated rings. The number of halogens is 1. The van der Waals surface area contributed by atoms with E-state index in [0.29, 0.717) is 6.42 Å². The summed E-state index contributed by atoms with van der Waals surface area (Å²) in [6.45, 7) is 5.12. The Kier molecular flexibility index (Phi) is 5.39. The van der Waals surface area contributed by atoms with Crippen molar-refractivity contribution in [1.29, 1.82) is 0 Å². The van der Waals surface area contributed by atoms with E-state index in [1.54, 1.807) is 12.5 Å². The molecule has 3 N–H and O–H groups in total. The van der Waals surface area contributed by atoms with E-state index in [2.05, 4.69) is 29.1 Å². The highest BCUT2D eigenvalue weighted by Crippen LogP contribution is 2.22. The first-order chi connectivity index (χ1) is 9.99. The van der Waals surface area contributed by atoms with Crippen LogP contribution in [0.5, 0.6) is 0 Å². The van der Waals surface area contributed by atoms with Crippen molar-refractivity contribution in [3.05, 3.63) is 53.1 Å². The Morgan fingerprint density at radius 3 is 2.67 bits per heavy atom. The maximum atomic E-state index is 9.97. The standard InChI is InChI=1S/C16H22ClN3O/c1-16(2,12-5-7-13(17)8-6-12)20-9-3-4-15(21)14-10-18-11-19-14/h5-8,10-11,15,20-21H,3-4,9H2,1-2H3,(H,18,19). The number of aromatic nitrogens is 2. The van der Waals surface area contributed by atoms with E-state index < -0.39 is 6.10 Å². The summed E-state index contributed by atoms with van der Waals surface area (Å²) in [5.41, 5.74) is 1.84. The summed E-state index contributed by atoms with van der Waals surface area (Å²) in [4.78, 5) is 6.85. The largest absolute Gasteiger partial charge is 0.387 e. The normalized spacial score (nSPS) is 13.3. The highest BCUT2D eigenvalue weighted by atomic mass is 35.5. The van der Waals surface area contributed by atoms with Gasteiger partial charge in [-0.25, -0.2) is 4.98 Å². The summed E-state index contributed by atoms with van der Waals surface area (Å²) < 4.78 is 0. The number of aliphatic hydroxyl groups excluding tert-OH is 1. The van der Waals surface area contributed by atoms with Crippen LogP contribution in [-0.2, 0) is 5.54 Å². The number of H-pyrrole nitrogens is 1. The molecular formula is C16H22ClN3O. The van der Waals surface area contributed by atoms with Crippen LogP contribution in [0.4, 0.5) is 0 Å². The number of nitrogens with zero attached hydrogens (tertiary/aromatic N) is 1. The van der Waals surface area contributed by atoms with Crippen LogP contribution in [0.25, 0.3) is 0 Å². The fraction of sp³-hybridized carbons (Fsp3) is 0.438. The molecule has 1 atom stereocenters. The lowest BCUT2D eigenvalue weighted by molar-refractivity contribution is 0.159. The van der Waals surface area contributed by atoms with Gasteiger partial charge in [-0.1, -0.05) is 23.7 Å². The molecule has 114 valence electrons. The number of imidazole rings is 1. The van der Waals surface area contributed by atoms with Gasteiger partial charge >= 0.3 is 0 Å². The molecule has 1 heterocycles. The summed E-state index contributed by atoms with van der Waals surface area (Å²) in [6.07, 6.45) is 4.35. The Balaban J connectivity index is 1.78. The maximum absolute atomic E-state index is 9.97. The highest BCUT2D eigenvalue weighted by molar-refractivity contribution is 6.30. The highest BCUT2D eigenvalue weighted by Gasteiger charge is 2.19. The van der Waals surface area contributed by atoms with Gasteiger partial charge in [-0.05, 0) is 50.9 Å². The topological polar surface area (TPSA) is 60.9 Å². The molecule has 4 nitrogen and oxygen atoms in total. The van der Waals surface area contributed by atoms with Crippen molar-refractivity contribution in [1.82, 2.24) is 15.3 Å². The first kappa shape index (κ1) is 16.0. The molecule has 1 aromatic carbocycles. The number of hydrogen-bond donors (Lipinski definition) is 3. The molecule has 0 aliphatic heterocycles. The third kappa shape index (κ3) is 4.56. The zero-order valence-electron chi connectivity index (χ0n) is 12.4. The van der Waals surface area contributed by atoms with E-state index in [4.69, 9.17) is 11.6 Å². The zero-order valence-corrected chi connectivity index (χ0v) is 13.2. The third-order valence-corrected chi connectivity index (χ3v) is 3.92. The van der Waals surface area contributed by atoms with Gasteiger partial charge in [0, 0.05) is 10.6 Å². The number of benzene rings is 1. The lowest BCUT2D eigenvalue weighted by atomic mass is 9.94. The lowest BCUT2D eigenvalue weighted by Gasteiger charge is -2.27. The van der Waals surface area contributed by atoms with Crippen molar-refractivity contribution in [3.63, 3.8) is 0 Å². The SMILES string of the molecule is CC(C)(NCCCC(O)c1cnc[nH]1)c1ccc(Cl)cc1. The van der Waals surface area contributed by atoms with Crippen LogP contribution >= 0.6 is 11.6 Å². The zero-order chi connectivity index (χ0) is 15.3. The molecule has 2 aromatic rings. The van der Waals surface area contributed by atoms with E-state index >= 15 is 0 Å². The summed E-state index contributed by atoms with van der Waals surface area (Å²) in [5.74, 6) is 0. The van der Waals surface area contributed by atoms with Gasteiger partial charge in [-0.15, -0.1) is 0 Å². The van der Waals surface area contributed by atoms with Crippen molar-refractivity contribution >= 4 is 11.6 Å². The average Bonchev–Trinajstić information content (AvgIpc) is 2.98. The van der Waals surface area contributed by atoms with Crippen LogP contribution in [0.15, 0.2) is 36.8 Å². The van der Waals surface area contributed by atoms with Gasteiger partial charge in [0.15, 0.2) is 0 Å². The molecule has 0 saturated carbocycles. The van der Waals surface area contributed by atoms with E-state index in [1.165, 1.54) is 5.56 Å². The third-order valence-electron chi connectivity index (χ3n) is 3.67. The van der Waals surface area contributed by atoms with Gasteiger partial charge < -0.3 is 15.4 Å². The first-order valence-corrected chi connectivity index (χ1v) is 7.54. The van der Waals surface area contributed by atoms with Gasteiger partial charge in [0.05, 0.1) is 24.3 Å². The van der Waals surface area contributed by atoms with Gasteiger partial charge in [-0.2, -0.15) is 0 Å². The number of aromatic amines is 1. The van der Waals surface area contributed by atoms with Gasteiger partial charge in [0.25, 0.3) is 0 Å². The fourth-order valence-electron chi connectivity index (χ4n) is 2.27. The molecule has 0 saturated heterocycles. The lowest BCUT2D eigenvalue weighted by Crippen LogP contribution is -2.37. The minimum Gasteiger partial charge on any atom is -0.387 e.